The second-order valence-corrected chi connectivity index (χ2v) is 6.58. The van der Waals surface area contributed by atoms with E-state index in [-0.39, 0.29) is 5.91 Å². The molecule has 0 unspecified atom stereocenters. The Morgan fingerprint density at radius 3 is 2.36 bits per heavy atom. The zero-order valence-electron chi connectivity index (χ0n) is 15.8. The van der Waals surface area contributed by atoms with Gasteiger partial charge in [-0.15, -0.1) is 0 Å². The van der Waals surface area contributed by atoms with Gasteiger partial charge in [0.25, 0.3) is 5.91 Å². The molecule has 138 valence electrons. The summed E-state index contributed by atoms with van der Waals surface area (Å²) in [6.45, 7) is 2.03. The van der Waals surface area contributed by atoms with Crippen molar-refractivity contribution in [2.75, 3.05) is 12.0 Å². The van der Waals surface area contributed by atoms with Gasteiger partial charge in [-0.25, -0.2) is 4.99 Å². The molecule has 4 rings (SSSR count). The minimum atomic E-state index is -0.140. The molecule has 4 nitrogen and oxygen atoms in total. The van der Waals surface area contributed by atoms with Crippen LogP contribution in [-0.4, -0.2) is 18.9 Å². The first kappa shape index (κ1) is 17.7. The smallest absolute Gasteiger partial charge is 0.282 e. The molecule has 28 heavy (non-hydrogen) atoms. The third-order valence-electron chi connectivity index (χ3n) is 4.57. The summed E-state index contributed by atoms with van der Waals surface area (Å²) in [5.41, 5.74) is 4.13. The number of ether oxygens (including phenoxy) is 1. The van der Waals surface area contributed by atoms with Gasteiger partial charge in [0.15, 0.2) is 0 Å². The Kier molecular flexibility index (Phi) is 4.77. The summed E-state index contributed by atoms with van der Waals surface area (Å²) < 4.78 is 5.20. The van der Waals surface area contributed by atoms with Gasteiger partial charge in [-0.05, 0) is 48.9 Å². The van der Waals surface area contributed by atoms with E-state index in [0.717, 1.165) is 28.1 Å². The Morgan fingerprint density at radius 2 is 1.68 bits per heavy atom. The van der Waals surface area contributed by atoms with E-state index in [1.54, 1.807) is 18.1 Å². The van der Waals surface area contributed by atoms with Gasteiger partial charge in [-0.1, -0.05) is 54.1 Å². The van der Waals surface area contributed by atoms with E-state index in [1.165, 1.54) is 0 Å². The van der Waals surface area contributed by atoms with Crippen molar-refractivity contribution in [3.8, 4) is 5.75 Å². The first-order valence-electron chi connectivity index (χ1n) is 9.07. The van der Waals surface area contributed by atoms with Crippen molar-refractivity contribution < 1.29 is 9.53 Å². The van der Waals surface area contributed by atoms with E-state index >= 15 is 0 Å². The molecule has 0 bridgehead atoms. The molecular weight excluding hydrogens is 348 g/mol. The topological polar surface area (TPSA) is 41.9 Å². The number of methoxy groups -OCH3 is 1. The van der Waals surface area contributed by atoms with Crippen LogP contribution in [0.1, 0.15) is 16.7 Å². The molecule has 0 fully saturated rings. The molecular formula is C24H20N2O2. The number of rotatable bonds is 4. The lowest BCUT2D eigenvalue weighted by molar-refractivity contribution is -0.113. The first-order chi connectivity index (χ1) is 13.7. The van der Waals surface area contributed by atoms with Crippen molar-refractivity contribution in [3.05, 3.63) is 101 Å². The number of hydrogen-bond acceptors (Lipinski definition) is 3. The number of para-hydroxylation sites is 1. The van der Waals surface area contributed by atoms with Crippen LogP contribution in [0.2, 0.25) is 0 Å². The third-order valence-corrected chi connectivity index (χ3v) is 4.57. The Bertz CT molecular complexity index is 1070. The molecule has 0 spiro atoms. The van der Waals surface area contributed by atoms with E-state index in [2.05, 4.69) is 0 Å². The quantitative estimate of drug-likeness (QED) is 0.619. The molecule has 0 aromatic heterocycles. The predicted octanol–water partition coefficient (Wildman–Crippen LogP) is 4.84. The summed E-state index contributed by atoms with van der Waals surface area (Å²) >= 11 is 0. The summed E-state index contributed by atoms with van der Waals surface area (Å²) in [5, 5.41) is 0. The largest absolute Gasteiger partial charge is 0.497 e. The molecule has 3 aromatic rings. The van der Waals surface area contributed by atoms with Crippen LogP contribution in [0.15, 0.2) is 89.6 Å². The number of benzene rings is 3. The second kappa shape index (κ2) is 7.53. The molecule has 1 amide bonds. The lowest BCUT2D eigenvalue weighted by Crippen LogP contribution is -2.32. The molecule has 1 heterocycles. The number of amidine groups is 1. The highest BCUT2D eigenvalue weighted by molar-refractivity contribution is 6.33. The number of aryl methyl sites for hydroxylation is 1. The average Bonchev–Trinajstić information content (AvgIpc) is 3.05. The molecule has 3 aromatic carbocycles. The monoisotopic (exact) mass is 368 g/mol. The van der Waals surface area contributed by atoms with Gasteiger partial charge < -0.3 is 4.74 Å². The summed E-state index contributed by atoms with van der Waals surface area (Å²) in [4.78, 5) is 19.6. The Labute approximate surface area is 164 Å². The van der Waals surface area contributed by atoms with Crippen LogP contribution in [0.4, 0.5) is 5.69 Å². The van der Waals surface area contributed by atoms with Crippen molar-refractivity contribution in [1.82, 2.24) is 0 Å². The number of carbonyl (C=O) groups excluding carboxylic acids is 1. The van der Waals surface area contributed by atoms with Crippen LogP contribution in [0, 0.1) is 6.92 Å². The van der Waals surface area contributed by atoms with Gasteiger partial charge in [0, 0.05) is 5.56 Å². The molecule has 1 aliphatic heterocycles. The van der Waals surface area contributed by atoms with E-state index in [0.29, 0.717) is 11.5 Å². The molecule has 0 saturated carbocycles. The van der Waals surface area contributed by atoms with Gasteiger partial charge in [0.1, 0.15) is 17.3 Å². The van der Waals surface area contributed by atoms with Gasteiger partial charge >= 0.3 is 0 Å². The molecule has 0 N–H and O–H groups in total. The fourth-order valence-electron chi connectivity index (χ4n) is 3.17. The maximum atomic E-state index is 13.2. The van der Waals surface area contributed by atoms with Gasteiger partial charge in [-0.2, -0.15) is 0 Å². The van der Waals surface area contributed by atoms with Crippen LogP contribution < -0.4 is 9.64 Å². The number of aliphatic imine (C=N–C) groups is 1. The third kappa shape index (κ3) is 3.45. The van der Waals surface area contributed by atoms with Crippen LogP contribution >= 0.6 is 0 Å². The lowest BCUT2D eigenvalue weighted by atomic mass is 10.1. The summed E-state index contributed by atoms with van der Waals surface area (Å²) in [6.07, 6.45) is 1.81. The zero-order chi connectivity index (χ0) is 19.5. The summed E-state index contributed by atoms with van der Waals surface area (Å²) in [6, 6.07) is 25.2. The van der Waals surface area contributed by atoms with Crippen molar-refractivity contribution in [2.45, 2.75) is 6.92 Å². The molecule has 4 heteroatoms. The zero-order valence-corrected chi connectivity index (χ0v) is 15.8. The maximum absolute atomic E-state index is 13.2. The summed E-state index contributed by atoms with van der Waals surface area (Å²) in [5.74, 6) is 1.27. The highest BCUT2D eigenvalue weighted by Gasteiger charge is 2.32. The van der Waals surface area contributed by atoms with Crippen LogP contribution in [0.3, 0.4) is 0 Å². The SMILES string of the molecule is COc1ccc(/C=C2/N=C(c3cccc(C)c3)N(c3ccccc3)C2=O)cc1. The molecule has 0 aliphatic carbocycles. The van der Waals surface area contributed by atoms with Gasteiger partial charge in [0.05, 0.1) is 12.8 Å². The Balaban J connectivity index is 1.80. The standard InChI is InChI=1S/C24H20N2O2/c1-17-7-6-8-19(15-17)23-25-22(16-18-11-13-21(28-2)14-12-18)24(27)26(23)20-9-4-3-5-10-20/h3-16H,1-2H3/b22-16+. The Morgan fingerprint density at radius 1 is 0.929 bits per heavy atom. The highest BCUT2D eigenvalue weighted by atomic mass is 16.5. The molecule has 0 atom stereocenters. The molecule has 0 saturated heterocycles. The second-order valence-electron chi connectivity index (χ2n) is 6.58. The number of amides is 1. The number of hydrogen-bond donors (Lipinski definition) is 0. The van der Waals surface area contributed by atoms with E-state index in [4.69, 9.17) is 9.73 Å². The Hall–Kier alpha value is -3.66. The number of anilines is 1. The molecule has 0 radical (unpaired) electrons. The van der Waals surface area contributed by atoms with E-state index < -0.39 is 0 Å². The van der Waals surface area contributed by atoms with E-state index in [9.17, 15) is 4.79 Å². The minimum absolute atomic E-state index is 0.140. The van der Waals surface area contributed by atoms with E-state index in [1.807, 2.05) is 85.8 Å². The van der Waals surface area contributed by atoms with Crippen LogP contribution in [-0.2, 0) is 4.79 Å². The number of nitrogens with zero attached hydrogens (tertiary/aromatic N) is 2. The van der Waals surface area contributed by atoms with Crippen LogP contribution in [0.25, 0.3) is 6.08 Å². The maximum Gasteiger partial charge on any atom is 0.282 e. The highest BCUT2D eigenvalue weighted by Crippen LogP contribution is 2.28. The van der Waals surface area contributed by atoms with Gasteiger partial charge in [0.2, 0.25) is 0 Å². The predicted molar refractivity (Wildman–Crippen MR) is 113 cm³/mol. The van der Waals surface area contributed by atoms with Crippen molar-refractivity contribution in [1.29, 1.82) is 0 Å². The lowest BCUT2D eigenvalue weighted by Gasteiger charge is -2.18. The normalized spacial score (nSPS) is 15.1. The fourth-order valence-corrected chi connectivity index (χ4v) is 3.17. The first-order valence-corrected chi connectivity index (χ1v) is 9.07. The van der Waals surface area contributed by atoms with Crippen LogP contribution in [0.5, 0.6) is 5.75 Å². The number of carbonyl (C=O) groups is 1. The summed E-state index contributed by atoms with van der Waals surface area (Å²) in [7, 11) is 1.63. The molecule has 1 aliphatic rings. The minimum Gasteiger partial charge on any atom is -0.497 e. The van der Waals surface area contributed by atoms with Crippen molar-refractivity contribution >= 4 is 23.5 Å². The van der Waals surface area contributed by atoms with Crippen molar-refractivity contribution in [3.63, 3.8) is 0 Å². The fraction of sp³-hybridized carbons (Fsp3) is 0.0833. The van der Waals surface area contributed by atoms with Crippen molar-refractivity contribution in [2.24, 2.45) is 4.99 Å². The van der Waals surface area contributed by atoms with Gasteiger partial charge in [-0.3, -0.25) is 9.69 Å². The average molecular weight is 368 g/mol.